The lowest BCUT2D eigenvalue weighted by Crippen LogP contribution is -1.97. The van der Waals surface area contributed by atoms with Gasteiger partial charge in [-0.15, -0.1) is 0 Å². The zero-order chi connectivity index (χ0) is 13.3. The van der Waals surface area contributed by atoms with Gasteiger partial charge in [0.15, 0.2) is 5.82 Å². The van der Waals surface area contributed by atoms with Crippen molar-refractivity contribution in [3.63, 3.8) is 0 Å². The Kier molecular flexibility index (Phi) is 4.35. The van der Waals surface area contributed by atoms with Crippen LogP contribution in [-0.2, 0) is 6.42 Å². The number of nitrogens with zero attached hydrogens (tertiary/aromatic N) is 2. The highest BCUT2D eigenvalue weighted by molar-refractivity contribution is 9.10. The highest BCUT2D eigenvalue weighted by Crippen LogP contribution is 2.28. The first kappa shape index (κ1) is 13.9. The van der Waals surface area contributed by atoms with E-state index in [1.807, 2.05) is 6.92 Å². The van der Waals surface area contributed by atoms with Gasteiger partial charge >= 0.3 is 0 Å². The molecule has 0 atom stereocenters. The summed E-state index contributed by atoms with van der Waals surface area (Å²) >= 11 is 12.5. The molecule has 1 aromatic heterocycles. The normalized spacial score (nSPS) is 10.7. The minimum atomic E-state index is -0.354. The summed E-state index contributed by atoms with van der Waals surface area (Å²) in [6.07, 6.45) is 0.717. The molecule has 0 fully saturated rings. The first-order valence-corrected chi connectivity index (χ1v) is 7.16. The highest BCUT2D eigenvalue weighted by atomic mass is 79.9. The molecule has 2 rings (SSSR count). The van der Waals surface area contributed by atoms with E-state index in [-0.39, 0.29) is 5.82 Å². The van der Waals surface area contributed by atoms with Gasteiger partial charge in [-0.1, -0.05) is 18.5 Å². The van der Waals surface area contributed by atoms with Crippen molar-refractivity contribution in [2.45, 2.75) is 13.3 Å². The van der Waals surface area contributed by atoms with Crippen LogP contribution in [0.2, 0.25) is 5.15 Å². The van der Waals surface area contributed by atoms with E-state index in [2.05, 4.69) is 41.8 Å². The SMILES string of the molecule is CCc1nc(-c2ccc(Br)c(F)c2)nc(Cl)c1Br. The van der Waals surface area contributed by atoms with Crippen LogP contribution in [0.1, 0.15) is 12.6 Å². The van der Waals surface area contributed by atoms with Gasteiger partial charge in [-0.05, 0) is 56.5 Å². The standard InChI is InChI=1S/C12H8Br2ClFN2/c1-2-9-10(14)11(15)18-12(17-9)6-3-4-7(13)8(16)5-6/h3-5H,2H2,1H3. The van der Waals surface area contributed by atoms with E-state index in [4.69, 9.17) is 11.6 Å². The lowest BCUT2D eigenvalue weighted by molar-refractivity contribution is 0.621. The monoisotopic (exact) mass is 392 g/mol. The van der Waals surface area contributed by atoms with E-state index in [1.165, 1.54) is 6.07 Å². The third-order valence-electron chi connectivity index (χ3n) is 2.39. The molecule has 0 aliphatic heterocycles. The number of hydrogen-bond acceptors (Lipinski definition) is 2. The van der Waals surface area contributed by atoms with Crippen molar-refractivity contribution in [1.29, 1.82) is 0 Å². The van der Waals surface area contributed by atoms with Crippen LogP contribution in [0.5, 0.6) is 0 Å². The predicted octanol–water partition coefficient (Wildman–Crippen LogP) is 5.02. The highest BCUT2D eigenvalue weighted by Gasteiger charge is 2.12. The van der Waals surface area contributed by atoms with E-state index in [0.29, 0.717) is 25.5 Å². The Morgan fingerprint density at radius 2 is 2.00 bits per heavy atom. The molecule has 0 spiro atoms. The fourth-order valence-corrected chi connectivity index (χ4v) is 2.36. The molecule has 0 amide bonds. The van der Waals surface area contributed by atoms with Crippen LogP contribution in [0.15, 0.2) is 27.1 Å². The summed E-state index contributed by atoms with van der Waals surface area (Å²) in [4.78, 5) is 8.52. The Hall–Kier alpha value is -0.520. The van der Waals surface area contributed by atoms with Gasteiger partial charge in [0.05, 0.1) is 14.6 Å². The number of aryl methyl sites for hydroxylation is 1. The van der Waals surface area contributed by atoms with Crippen LogP contribution < -0.4 is 0 Å². The Morgan fingerprint density at radius 3 is 2.61 bits per heavy atom. The third-order valence-corrected chi connectivity index (χ3v) is 4.37. The van der Waals surface area contributed by atoms with Gasteiger partial charge in [0.2, 0.25) is 0 Å². The summed E-state index contributed by atoms with van der Waals surface area (Å²) in [6.45, 7) is 1.97. The molecule has 0 bridgehead atoms. The molecule has 1 aromatic carbocycles. The van der Waals surface area contributed by atoms with Crippen molar-refractivity contribution in [3.05, 3.63) is 43.8 Å². The van der Waals surface area contributed by atoms with Gasteiger partial charge in [-0.3, -0.25) is 0 Å². The van der Waals surface area contributed by atoms with Gasteiger partial charge in [0, 0.05) is 5.56 Å². The Labute approximate surface area is 126 Å². The molecule has 0 N–H and O–H groups in total. The lowest BCUT2D eigenvalue weighted by Gasteiger charge is -2.07. The van der Waals surface area contributed by atoms with Crippen LogP contribution in [-0.4, -0.2) is 9.97 Å². The maximum absolute atomic E-state index is 13.5. The average molecular weight is 394 g/mol. The second-order valence-corrected chi connectivity index (χ2v) is 5.59. The number of rotatable bonds is 2. The third kappa shape index (κ3) is 2.73. The summed E-state index contributed by atoms with van der Waals surface area (Å²) < 4.78 is 14.6. The smallest absolute Gasteiger partial charge is 0.161 e. The van der Waals surface area contributed by atoms with Crippen molar-refractivity contribution in [2.75, 3.05) is 0 Å². The Balaban J connectivity index is 2.57. The summed E-state index contributed by atoms with van der Waals surface area (Å²) in [5.74, 6) is 0.0691. The van der Waals surface area contributed by atoms with Gasteiger partial charge in [-0.25, -0.2) is 14.4 Å². The zero-order valence-corrected chi connectivity index (χ0v) is 13.3. The second kappa shape index (κ2) is 5.63. The molecule has 1 heterocycles. The number of hydrogen-bond donors (Lipinski definition) is 0. The molecule has 0 saturated carbocycles. The Morgan fingerprint density at radius 1 is 1.28 bits per heavy atom. The van der Waals surface area contributed by atoms with Crippen LogP contribution in [0.25, 0.3) is 11.4 Å². The van der Waals surface area contributed by atoms with E-state index in [9.17, 15) is 4.39 Å². The summed E-state index contributed by atoms with van der Waals surface area (Å²) in [5, 5.41) is 0.333. The van der Waals surface area contributed by atoms with Crippen LogP contribution >= 0.6 is 43.5 Å². The molecule has 2 aromatic rings. The quantitative estimate of drug-likeness (QED) is 0.668. The maximum Gasteiger partial charge on any atom is 0.161 e. The predicted molar refractivity (Wildman–Crippen MR) is 77.2 cm³/mol. The lowest BCUT2D eigenvalue weighted by atomic mass is 10.2. The molecule has 6 heteroatoms. The van der Waals surface area contributed by atoms with Crippen LogP contribution in [0.4, 0.5) is 4.39 Å². The zero-order valence-electron chi connectivity index (χ0n) is 9.35. The van der Waals surface area contributed by atoms with Gasteiger partial charge in [0.1, 0.15) is 11.0 Å². The maximum atomic E-state index is 13.5. The van der Waals surface area contributed by atoms with Crippen molar-refractivity contribution < 1.29 is 4.39 Å². The van der Waals surface area contributed by atoms with Crippen molar-refractivity contribution in [2.24, 2.45) is 0 Å². The summed E-state index contributed by atoms with van der Waals surface area (Å²) in [5.41, 5.74) is 1.40. The van der Waals surface area contributed by atoms with E-state index in [0.717, 1.165) is 12.1 Å². The first-order chi connectivity index (χ1) is 8.52. The fourth-order valence-electron chi connectivity index (χ4n) is 1.46. The minimum Gasteiger partial charge on any atom is -0.232 e. The topological polar surface area (TPSA) is 25.8 Å². The van der Waals surface area contributed by atoms with E-state index < -0.39 is 0 Å². The average Bonchev–Trinajstić information content (AvgIpc) is 2.36. The largest absolute Gasteiger partial charge is 0.232 e. The fraction of sp³-hybridized carbons (Fsp3) is 0.167. The van der Waals surface area contributed by atoms with Gasteiger partial charge in [0.25, 0.3) is 0 Å². The number of aromatic nitrogens is 2. The van der Waals surface area contributed by atoms with Crippen molar-refractivity contribution >= 4 is 43.5 Å². The molecular weight excluding hydrogens is 386 g/mol. The van der Waals surface area contributed by atoms with Crippen molar-refractivity contribution in [1.82, 2.24) is 9.97 Å². The summed E-state index contributed by atoms with van der Waals surface area (Å²) in [7, 11) is 0. The number of benzene rings is 1. The van der Waals surface area contributed by atoms with Crippen LogP contribution in [0, 0.1) is 5.82 Å². The second-order valence-electron chi connectivity index (χ2n) is 3.58. The molecule has 0 radical (unpaired) electrons. The molecule has 0 aliphatic rings. The molecular formula is C12H8Br2ClFN2. The van der Waals surface area contributed by atoms with E-state index >= 15 is 0 Å². The van der Waals surface area contributed by atoms with Gasteiger partial charge < -0.3 is 0 Å². The van der Waals surface area contributed by atoms with Crippen LogP contribution in [0.3, 0.4) is 0 Å². The molecule has 2 nitrogen and oxygen atoms in total. The van der Waals surface area contributed by atoms with Crippen molar-refractivity contribution in [3.8, 4) is 11.4 Å². The number of halogens is 4. The van der Waals surface area contributed by atoms with E-state index in [1.54, 1.807) is 12.1 Å². The summed E-state index contributed by atoms with van der Waals surface area (Å²) in [6, 6.07) is 4.74. The molecule has 18 heavy (non-hydrogen) atoms. The molecule has 0 aliphatic carbocycles. The Bertz CT molecular complexity index is 605. The minimum absolute atomic E-state index is 0.333. The molecule has 0 unspecified atom stereocenters. The molecule has 0 saturated heterocycles. The molecule has 94 valence electrons. The first-order valence-electron chi connectivity index (χ1n) is 5.20. The van der Waals surface area contributed by atoms with Gasteiger partial charge in [-0.2, -0.15) is 0 Å².